The van der Waals surface area contributed by atoms with Gasteiger partial charge in [-0.1, -0.05) is 53.6 Å². The Bertz CT molecular complexity index is 2030. The molecule has 0 unspecified atom stereocenters. The number of nitro benzene ring substituents is 2. The van der Waals surface area contributed by atoms with Crippen LogP contribution in [0.2, 0.25) is 0 Å². The summed E-state index contributed by atoms with van der Waals surface area (Å²) in [6, 6.07) is 14.7. The lowest BCUT2D eigenvalue weighted by Crippen LogP contribution is -2.60. The number of carbonyl (C=O) groups excluding carboxylic acids is 3. The molecule has 5 rings (SSSR count). The number of alkyl carbamates (subject to hydrolysis) is 1. The number of fused-ring (bicyclic) bond motifs is 3. The Hall–Kier alpha value is -6.28. The molecule has 3 aromatic carbocycles. The van der Waals surface area contributed by atoms with Gasteiger partial charge in [-0.15, -0.1) is 11.8 Å². The van der Waals surface area contributed by atoms with E-state index < -0.39 is 93.8 Å². The molecular weight excluding hydrogens is 760 g/mol. The molecule has 20 nitrogen and oxygen atoms in total. The Morgan fingerprint density at radius 3 is 2.16 bits per heavy atom. The summed E-state index contributed by atoms with van der Waals surface area (Å²) in [5.41, 5.74) is 12.1. The van der Waals surface area contributed by atoms with Gasteiger partial charge < -0.3 is 34.1 Å². The van der Waals surface area contributed by atoms with Gasteiger partial charge in [-0.3, -0.25) is 29.8 Å². The number of nitrogens with one attached hydrogen (secondary N) is 1. The number of amides is 1. The molecule has 1 aliphatic carbocycles. The van der Waals surface area contributed by atoms with Crippen LogP contribution in [0.5, 0.6) is 0 Å². The van der Waals surface area contributed by atoms with Gasteiger partial charge in [-0.2, -0.15) is 0 Å². The molecule has 1 heterocycles. The maximum atomic E-state index is 13.1. The average molecular weight is 795 g/mol. The molecule has 0 radical (unpaired) electrons. The Labute approximate surface area is 321 Å². The molecule has 1 amide bonds. The highest BCUT2D eigenvalue weighted by Gasteiger charge is 2.51. The summed E-state index contributed by atoms with van der Waals surface area (Å²) in [6.07, 6.45) is -7.11. The largest absolute Gasteiger partial charge is 0.480 e. The molecule has 1 aliphatic heterocycles. The van der Waals surface area contributed by atoms with Crippen molar-refractivity contribution in [2.24, 2.45) is 5.11 Å². The van der Waals surface area contributed by atoms with Crippen LogP contribution < -0.4 is 5.32 Å². The van der Waals surface area contributed by atoms with Gasteiger partial charge in [0.15, 0.2) is 12.3 Å². The summed E-state index contributed by atoms with van der Waals surface area (Å²) in [7, 11) is 0. The third-order valence-corrected chi connectivity index (χ3v) is 10.3. The number of hydrogen-bond donors (Lipinski definition) is 2. The highest BCUT2D eigenvalue weighted by atomic mass is 32.2. The monoisotopic (exact) mass is 794 g/mol. The van der Waals surface area contributed by atoms with Gasteiger partial charge in [-0.25, -0.2) is 9.59 Å². The molecule has 0 bridgehead atoms. The fourth-order valence-corrected chi connectivity index (χ4v) is 7.81. The third kappa shape index (κ3) is 9.32. The molecular formula is C35H34N6O14S. The van der Waals surface area contributed by atoms with Gasteiger partial charge >= 0.3 is 24.0 Å². The normalized spacial score (nSPS) is 20.9. The second kappa shape index (κ2) is 17.9. The number of esters is 2. The highest BCUT2D eigenvalue weighted by molar-refractivity contribution is 8.00. The van der Waals surface area contributed by atoms with E-state index in [9.17, 15) is 50.0 Å². The van der Waals surface area contributed by atoms with Crippen molar-refractivity contribution in [3.8, 4) is 11.1 Å². The number of carbonyl (C=O) groups is 4. The number of nitro groups is 2. The van der Waals surface area contributed by atoms with Gasteiger partial charge in [0, 0.05) is 30.7 Å². The molecule has 2 aliphatic rings. The smallest absolute Gasteiger partial charge is 0.407 e. The number of ether oxygens (including phenoxy) is 5. The number of carboxylic acids is 1. The zero-order valence-corrected chi connectivity index (χ0v) is 30.6. The zero-order valence-electron chi connectivity index (χ0n) is 29.8. The van der Waals surface area contributed by atoms with Gasteiger partial charge in [0.05, 0.1) is 32.2 Å². The fraction of sp³-hybridized carbons (Fsp3) is 0.371. The highest BCUT2D eigenvalue weighted by Crippen LogP contribution is 2.45. The fourth-order valence-electron chi connectivity index (χ4n) is 6.43. The molecule has 7 atom stereocenters. The molecule has 0 spiro atoms. The summed E-state index contributed by atoms with van der Waals surface area (Å²) < 4.78 is 28.1. The average Bonchev–Trinajstić information content (AvgIpc) is 3.47. The minimum absolute atomic E-state index is 0.130. The molecule has 1 fully saturated rings. The number of hydrogen-bond acceptors (Lipinski definition) is 15. The van der Waals surface area contributed by atoms with Crippen molar-refractivity contribution in [2.45, 2.75) is 73.5 Å². The van der Waals surface area contributed by atoms with E-state index in [1.807, 2.05) is 48.5 Å². The first kappa shape index (κ1) is 40.9. The van der Waals surface area contributed by atoms with Crippen LogP contribution in [0.4, 0.5) is 16.2 Å². The van der Waals surface area contributed by atoms with Crippen molar-refractivity contribution >= 4 is 47.1 Å². The molecule has 0 saturated carbocycles. The molecule has 56 heavy (non-hydrogen) atoms. The number of aliphatic carboxylic acids is 1. The van der Waals surface area contributed by atoms with Crippen LogP contribution in [-0.4, -0.2) is 94.1 Å². The molecule has 1 saturated heterocycles. The molecule has 21 heteroatoms. The van der Waals surface area contributed by atoms with Crippen LogP contribution in [-0.2, 0) is 38.1 Å². The summed E-state index contributed by atoms with van der Waals surface area (Å²) in [5, 5.41) is 38.2. The topological polar surface area (TPSA) is 282 Å². The molecule has 3 aromatic rings. The van der Waals surface area contributed by atoms with Crippen LogP contribution in [0.25, 0.3) is 21.6 Å². The van der Waals surface area contributed by atoms with Gasteiger partial charge in [0.1, 0.15) is 31.5 Å². The number of thioether (sulfide) groups is 1. The van der Waals surface area contributed by atoms with Gasteiger partial charge in [0.2, 0.25) is 0 Å². The second-order valence-corrected chi connectivity index (χ2v) is 13.7. The Morgan fingerprint density at radius 1 is 0.964 bits per heavy atom. The first-order chi connectivity index (χ1) is 26.7. The molecule has 0 aromatic heterocycles. The lowest BCUT2D eigenvalue weighted by atomic mass is 9.98. The van der Waals surface area contributed by atoms with E-state index in [2.05, 4.69) is 15.3 Å². The zero-order chi connectivity index (χ0) is 40.7. The second-order valence-electron chi connectivity index (χ2n) is 12.5. The van der Waals surface area contributed by atoms with Crippen molar-refractivity contribution in [3.63, 3.8) is 0 Å². The van der Waals surface area contributed by atoms with Crippen LogP contribution in [0.3, 0.4) is 0 Å². The number of non-ortho nitro benzene ring substituents is 1. The first-order valence-corrected chi connectivity index (χ1v) is 17.7. The van der Waals surface area contributed by atoms with Crippen LogP contribution >= 0.6 is 11.8 Å². The third-order valence-electron chi connectivity index (χ3n) is 8.87. The SMILES string of the molecule is CC(=O)OC[C@H]1O[C@H](O[C@H](C)[C@H](NC(=O)OCC2c3ccccc3-c3ccccc32)C(=O)O)[C@H](N=[N+]=[N-])[C@@H](Sc2ccc([N+](=O)[O-])cc2[N+](=O)[O-])[C@H]1OC(C)=O. The van der Waals surface area contributed by atoms with Crippen LogP contribution in [0, 0.1) is 20.2 Å². The molecule has 294 valence electrons. The van der Waals surface area contributed by atoms with Crippen molar-refractivity contribution < 1.29 is 57.8 Å². The predicted molar refractivity (Wildman–Crippen MR) is 193 cm³/mol. The number of rotatable bonds is 15. The van der Waals surface area contributed by atoms with E-state index in [1.54, 1.807) is 0 Å². The van der Waals surface area contributed by atoms with Gasteiger partial charge in [0.25, 0.3) is 11.4 Å². The molecule has 2 N–H and O–H groups in total. The lowest BCUT2D eigenvalue weighted by molar-refractivity contribution is -0.396. The number of nitrogens with zero attached hydrogens (tertiary/aromatic N) is 5. The van der Waals surface area contributed by atoms with Crippen molar-refractivity contribution in [2.75, 3.05) is 13.2 Å². The number of azide groups is 1. The Balaban J connectivity index is 1.40. The summed E-state index contributed by atoms with van der Waals surface area (Å²) in [6.45, 7) is 2.68. The van der Waals surface area contributed by atoms with Crippen molar-refractivity contribution in [1.82, 2.24) is 5.32 Å². The summed E-state index contributed by atoms with van der Waals surface area (Å²) in [4.78, 5) is 74.1. The number of carboxylic acid groups (broad SMARTS) is 1. The van der Waals surface area contributed by atoms with E-state index in [-0.39, 0.29) is 17.4 Å². The Kier molecular flexibility index (Phi) is 13.1. The summed E-state index contributed by atoms with van der Waals surface area (Å²) in [5.74, 6) is -3.53. The van der Waals surface area contributed by atoms with E-state index in [0.29, 0.717) is 17.8 Å². The quantitative estimate of drug-likeness (QED) is 0.0377. The van der Waals surface area contributed by atoms with Crippen molar-refractivity contribution in [1.29, 1.82) is 0 Å². The Morgan fingerprint density at radius 2 is 1.61 bits per heavy atom. The van der Waals surface area contributed by atoms with Crippen molar-refractivity contribution in [3.05, 3.63) is 109 Å². The standard InChI is InChI=1S/C35H34N6O14S/c1-17(29(33(44)45)37-35(46)52-15-25-23-10-6-4-8-21(23)22-9-5-7-11-24(22)25)53-34-30(38-39-36)32(31(54-19(3)43)27(55-34)16-51-18(2)42)56-28-13-12-20(40(47)48)14-26(28)41(49)50/h4-14,17,25,27,29-32,34H,15-16H2,1-3H3,(H,37,46)(H,44,45)/t17-,27-,29+,30-,31+,32-,34+/m1/s1. The predicted octanol–water partition coefficient (Wildman–Crippen LogP) is 5.26. The minimum atomic E-state index is -1.79. The summed E-state index contributed by atoms with van der Waals surface area (Å²) >= 11 is 0.628. The maximum Gasteiger partial charge on any atom is 0.407 e. The van der Waals surface area contributed by atoms with Gasteiger partial charge in [-0.05, 0) is 40.8 Å². The van der Waals surface area contributed by atoms with E-state index in [1.165, 1.54) is 6.92 Å². The van der Waals surface area contributed by atoms with Crippen LogP contribution in [0.15, 0.2) is 76.7 Å². The van der Waals surface area contributed by atoms with Crippen LogP contribution in [0.1, 0.15) is 37.8 Å². The van der Waals surface area contributed by atoms with E-state index in [0.717, 1.165) is 48.2 Å². The van der Waals surface area contributed by atoms with E-state index in [4.69, 9.17) is 23.7 Å². The maximum absolute atomic E-state index is 13.1. The number of benzene rings is 3. The minimum Gasteiger partial charge on any atom is -0.480 e. The first-order valence-electron chi connectivity index (χ1n) is 16.8. The van der Waals surface area contributed by atoms with E-state index >= 15 is 0 Å². The lowest BCUT2D eigenvalue weighted by Gasteiger charge is -2.44.